The minimum atomic E-state index is -4.34. The van der Waals surface area contributed by atoms with Crippen molar-refractivity contribution in [1.29, 1.82) is 0 Å². The minimum Gasteiger partial charge on any atom is -0.747 e. The molecule has 0 spiro atoms. The zero-order valence-electron chi connectivity index (χ0n) is 14.6. The quantitative estimate of drug-likeness (QED) is 0.564. The first kappa shape index (κ1) is 20.5. The molecule has 0 aromatic carbocycles. The monoisotopic (exact) mass is 352 g/mol. The van der Waals surface area contributed by atoms with E-state index >= 15 is 0 Å². The molecule has 0 radical (unpaired) electrons. The van der Waals surface area contributed by atoms with Crippen molar-refractivity contribution >= 4 is 16.5 Å². The van der Waals surface area contributed by atoms with Crippen LogP contribution in [0.15, 0.2) is 53.3 Å². The van der Waals surface area contributed by atoms with Gasteiger partial charge < -0.3 is 4.55 Å². The average molecular weight is 352 g/mol. The Balaban J connectivity index is 0.000000488. The van der Waals surface area contributed by atoms with Gasteiger partial charge in [-0.15, -0.1) is 0 Å². The molecule has 0 saturated heterocycles. The van der Waals surface area contributed by atoms with Crippen molar-refractivity contribution in [3.8, 4) is 0 Å². The van der Waals surface area contributed by atoms with Gasteiger partial charge in [-0.05, 0) is 25.3 Å². The number of hydrogen-bond acceptors (Lipinski definition) is 4. The van der Waals surface area contributed by atoms with E-state index in [4.69, 9.17) is 0 Å². The van der Waals surface area contributed by atoms with Gasteiger partial charge in [0.05, 0.1) is 10.9 Å². The van der Waals surface area contributed by atoms with Gasteiger partial charge in [-0.1, -0.05) is 63.0 Å². The molecule has 24 heavy (non-hydrogen) atoms. The van der Waals surface area contributed by atoms with Gasteiger partial charge >= 0.3 is 0 Å². The number of nitrogens with zero attached hydrogens (tertiary/aromatic N) is 1. The van der Waals surface area contributed by atoms with Crippen LogP contribution in [0.4, 0.5) is 0 Å². The molecule has 2 aliphatic rings. The van der Waals surface area contributed by atoms with E-state index < -0.39 is 14.9 Å². The molecule has 5 nitrogen and oxygen atoms in total. The van der Waals surface area contributed by atoms with Crippen LogP contribution < -0.4 is 5.32 Å². The number of nitrogens with two attached hydrogens (primary N) is 1. The van der Waals surface area contributed by atoms with Crippen LogP contribution in [-0.4, -0.2) is 24.1 Å². The second-order valence-electron chi connectivity index (χ2n) is 6.11. The molecule has 2 N–H and O–H groups in total. The van der Waals surface area contributed by atoms with Crippen LogP contribution >= 0.6 is 0 Å². The first-order chi connectivity index (χ1) is 11.4. The number of hydrogen-bond donors (Lipinski definition) is 1. The molecule has 1 aliphatic carbocycles. The van der Waals surface area contributed by atoms with Gasteiger partial charge in [0.25, 0.3) is 0 Å². The van der Waals surface area contributed by atoms with E-state index in [-0.39, 0.29) is 0 Å². The summed E-state index contributed by atoms with van der Waals surface area (Å²) in [5, 5.41) is 1.89. The highest BCUT2D eigenvalue weighted by Gasteiger charge is 2.36. The van der Waals surface area contributed by atoms with E-state index in [1.54, 1.807) is 30.8 Å². The van der Waals surface area contributed by atoms with Crippen molar-refractivity contribution in [2.75, 3.05) is 0 Å². The van der Waals surface area contributed by atoms with Gasteiger partial charge in [0.1, 0.15) is 16.3 Å². The zero-order chi connectivity index (χ0) is 18.1. The maximum absolute atomic E-state index is 11.7. The van der Waals surface area contributed by atoms with Crippen LogP contribution in [0.1, 0.15) is 52.4 Å². The SMILES string of the molecule is C1=C[NH2+]C=N1.C=CC1=C(C)CC(CCCCCC)(S(=O)(=O)[O-])C=C1. The lowest BCUT2D eigenvalue weighted by Gasteiger charge is -2.36. The second-order valence-corrected chi connectivity index (χ2v) is 7.83. The molecule has 6 heteroatoms. The third kappa shape index (κ3) is 5.85. The standard InChI is InChI=1S/C15H24O3S.C3H4N2/c1-4-6-7-8-10-15(19(16,17)18)11-9-14(5-2)13(3)12-15;1-2-5-3-4-1/h5,9,11H,2,4,6-8,10,12H2,1,3H3,(H,16,17,18);1-3H,(H,4,5). The third-order valence-corrected chi connectivity index (χ3v) is 5.73. The van der Waals surface area contributed by atoms with Gasteiger partial charge in [-0.3, -0.25) is 5.32 Å². The van der Waals surface area contributed by atoms with Crippen LogP contribution in [0.3, 0.4) is 0 Å². The highest BCUT2D eigenvalue weighted by Crippen LogP contribution is 2.37. The lowest BCUT2D eigenvalue weighted by atomic mass is 9.86. The smallest absolute Gasteiger partial charge is 0.191 e. The van der Waals surface area contributed by atoms with Crippen molar-refractivity contribution in [3.63, 3.8) is 0 Å². The van der Waals surface area contributed by atoms with E-state index in [9.17, 15) is 13.0 Å². The summed E-state index contributed by atoms with van der Waals surface area (Å²) in [6.45, 7) is 7.66. The van der Waals surface area contributed by atoms with Gasteiger partial charge in [0.15, 0.2) is 6.34 Å². The van der Waals surface area contributed by atoms with Crippen LogP contribution in [0.25, 0.3) is 0 Å². The largest absolute Gasteiger partial charge is 0.747 e. The van der Waals surface area contributed by atoms with Crippen LogP contribution in [0.2, 0.25) is 0 Å². The fourth-order valence-electron chi connectivity index (χ4n) is 2.80. The predicted molar refractivity (Wildman–Crippen MR) is 97.4 cm³/mol. The molecule has 0 amide bonds. The van der Waals surface area contributed by atoms with Crippen LogP contribution in [0.5, 0.6) is 0 Å². The van der Waals surface area contributed by atoms with Crippen LogP contribution in [-0.2, 0) is 10.1 Å². The third-order valence-electron chi connectivity index (χ3n) is 4.25. The maximum Gasteiger partial charge on any atom is 0.191 e. The Hall–Kier alpha value is -1.50. The average Bonchev–Trinajstić information content (AvgIpc) is 3.10. The molecule has 1 unspecified atom stereocenters. The first-order valence-corrected chi connectivity index (χ1v) is 9.75. The normalized spacial score (nSPS) is 22.5. The number of quaternary nitrogens is 1. The Bertz CT molecular complexity index is 635. The molecule has 0 aromatic rings. The van der Waals surface area contributed by atoms with E-state index in [0.29, 0.717) is 12.8 Å². The summed E-state index contributed by atoms with van der Waals surface area (Å²) in [6, 6.07) is 0. The molecule has 1 aliphatic heterocycles. The fraction of sp³-hybridized carbons (Fsp3) is 0.500. The molecule has 1 heterocycles. The lowest BCUT2D eigenvalue weighted by Crippen LogP contribution is -2.74. The Labute approximate surface area is 145 Å². The number of allylic oxidation sites excluding steroid dienone is 4. The van der Waals surface area contributed by atoms with Gasteiger partial charge in [-0.2, -0.15) is 0 Å². The topological polar surface area (TPSA) is 86.2 Å². The van der Waals surface area contributed by atoms with Gasteiger partial charge in [-0.25, -0.2) is 13.4 Å². The highest BCUT2D eigenvalue weighted by molar-refractivity contribution is 7.87. The Morgan fingerprint density at radius 1 is 1.42 bits per heavy atom. The van der Waals surface area contributed by atoms with Crippen molar-refractivity contribution in [3.05, 3.63) is 48.4 Å². The summed E-state index contributed by atoms with van der Waals surface area (Å²) in [6.07, 6.45) is 15.0. The van der Waals surface area contributed by atoms with Crippen LogP contribution in [0, 0.1) is 0 Å². The van der Waals surface area contributed by atoms with Gasteiger partial charge in [0.2, 0.25) is 0 Å². The highest BCUT2D eigenvalue weighted by atomic mass is 32.2. The maximum atomic E-state index is 11.7. The molecule has 0 saturated carbocycles. The molecule has 0 aromatic heterocycles. The zero-order valence-corrected chi connectivity index (χ0v) is 15.4. The molecule has 0 bridgehead atoms. The van der Waals surface area contributed by atoms with Crippen molar-refractivity contribution < 1.29 is 18.3 Å². The number of unbranched alkanes of at least 4 members (excludes halogenated alkanes) is 3. The summed E-state index contributed by atoms with van der Waals surface area (Å²) >= 11 is 0. The van der Waals surface area contributed by atoms with E-state index in [2.05, 4.69) is 18.5 Å². The minimum absolute atomic E-state index is 0.294. The summed E-state index contributed by atoms with van der Waals surface area (Å²) in [7, 11) is -4.34. The Kier molecular flexibility index (Phi) is 8.31. The number of rotatable bonds is 7. The summed E-state index contributed by atoms with van der Waals surface area (Å²) in [5.41, 5.74) is 1.85. The molecular formula is C18H28N2O3S. The van der Waals surface area contributed by atoms with Crippen molar-refractivity contribution in [2.45, 2.75) is 57.1 Å². The molecule has 0 fully saturated rings. The molecule has 1 atom stereocenters. The Morgan fingerprint density at radius 2 is 2.17 bits per heavy atom. The summed E-state index contributed by atoms with van der Waals surface area (Å²) in [4.78, 5) is 3.72. The number of aliphatic imine (C=N–C) groups is 1. The van der Waals surface area contributed by atoms with Crippen molar-refractivity contribution in [1.82, 2.24) is 0 Å². The molecular weight excluding hydrogens is 324 g/mol. The second kappa shape index (κ2) is 9.71. The first-order valence-electron chi connectivity index (χ1n) is 8.35. The molecule has 2 rings (SSSR count). The van der Waals surface area contributed by atoms with E-state index in [1.165, 1.54) is 0 Å². The molecule has 134 valence electrons. The summed E-state index contributed by atoms with van der Waals surface area (Å²) in [5.74, 6) is 0. The lowest BCUT2D eigenvalue weighted by molar-refractivity contribution is -0.447. The fourth-order valence-corrected chi connectivity index (χ4v) is 3.83. The van der Waals surface area contributed by atoms with E-state index in [1.807, 2.05) is 18.4 Å². The van der Waals surface area contributed by atoms with Crippen molar-refractivity contribution in [2.24, 2.45) is 4.99 Å². The summed E-state index contributed by atoms with van der Waals surface area (Å²) < 4.78 is 33.7. The van der Waals surface area contributed by atoms with Gasteiger partial charge in [0, 0.05) is 0 Å². The predicted octanol–water partition coefficient (Wildman–Crippen LogP) is 2.77. The van der Waals surface area contributed by atoms with E-state index in [0.717, 1.165) is 36.8 Å². The Morgan fingerprint density at radius 3 is 2.58 bits per heavy atom.